The summed E-state index contributed by atoms with van der Waals surface area (Å²) in [6.07, 6.45) is 4.65. The van der Waals surface area contributed by atoms with Crippen molar-refractivity contribution in [3.8, 4) is 0 Å². The number of carbonyl (C=O) groups excluding carboxylic acids is 3. The first-order valence-corrected chi connectivity index (χ1v) is 11.4. The minimum atomic E-state index is -0.166. The fourth-order valence-corrected chi connectivity index (χ4v) is 5.41. The summed E-state index contributed by atoms with van der Waals surface area (Å²) in [5.74, 6) is 0.198. The number of amides is 3. The zero-order chi connectivity index (χ0) is 21.5. The van der Waals surface area contributed by atoms with Gasteiger partial charge in [-0.25, -0.2) is 0 Å². The van der Waals surface area contributed by atoms with Crippen molar-refractivity contribution in [2.45, 2.75) is 59.3 Å². The van der Waals surface area contributed by atoms with Crippen LogP contribution in [0.4, 0.5) is 11.4 Å². The Labute approximate surface area is 181 Å². The number of imide groups is 1. The SMILES string of the molecule is CC(C)(C)C1CCc2sc(C(=O)Nc3ccc(N4C(=O)CCCC4=O)cc3)cc2C1. The Balaban J connectivity index is 1.44. The Morgan fingerprint density at radius 3 is 2.37 bits per heavy atom. The van der Waals surface area contributed by atoms with Crippen LogP contribution in [0.25, 0.3) is 0 Å². The Bertz CT molecular complexity index is 969. The quantitative estimate of drug-likeness (QED) is 0.689. The van der Waals surface area contributed by atoms with Crippen molar-refractivity contribution >= 4 is 40.4 Å². The number of anilines is 2. The summed E-state index contributed by atoms with van der Waals surface area (Å²) in [5.41, 5.74) is 2.80. The summed E-state index contributed by atoms with van der Waals surface area (Å²) in [6.45, 7) is 6.87. The lowest BCUT2D eigenvalue weighted by Crippen LogP contribution is -2.40. The molecule has 0 saturated carbocycles. The highest BCUT2D eigenvalue weighted by atomic mass is 32.1. The van der Waals surface area contributed by atoms with E-state index in [-0.39, 0.29) is 23.1 Å². The van der Waals surface area contributed by atoms with Crippen molar-refractivity contribution in [2.24, 2.45) is 11.3 Å². The van der Waals surface area contributed by atoms with Crippen molar-refractivity contribution in [1.82, 2.24) is 0 Å². The normalized spacial score (nSPS) is 19.6. The highest BCUT2D eigenvalue weighted by molar-refractivity contribution is 7.14. The van der Waals surface area contributed by atoms with Crippen LogP contribution in [-0.4, -0.2) is 17.7 Å². The van der Waals surface area contributed by atoms with E-state index in [1.54, 1.807) is 35.6 Å². The first-order chi connectivity index (χ1) is 14.2. The summed E-state index contributed by atoms with van der Waals surface area (Å²) in [5, 5.41) is 2.94. The number of benzene rings is 1. The molecule has 2 aliphatic rings. The van der Waals surface area contributed by atoms with Crippen molar-refractivity contribution < 1.29 is 14.4 Å². The Hall–Kier alpha value is -2.47. The number of thiophene rings is 1. The molecule has 3 amide bonds. The maximum absolute atomic E-state index is 12.8. The van der Waals surface area contributed by atoms with Gasteiger partial charge in [0.15, 0.2) is 0 Å². The summed E-state index contributed by atoms with van der Waals surface area (Å²) in [6, 6.07) is 8.96. The zero-order valence-corrected chi connectivity index (χ0v) is 18.6. The van der Waals surface area contributed by atoms with Crippen LogP contribution in [0.2, 0.25) is 0 Å². The Morgan fingerprint density at radius 2 is 1.73 bits per heavy atom. The third kappa shape index (κ3) is 4.19. The van der Waals surface area contributed by atoms with E-state index in [0.29, 0.717) is 36.6 Å². The predicted octanol–water partition coefficient (Wildman–Crippen LogP) is 5.19. The van der Waals surface area contributed by atoms with E-state index in [4.69, 9.17) is 0 Å². The molecule has 5 nitrogen and oxygen atoms in total. The second-order valence-corrected chi connectivity index (χ2v) is 10.5. The largest absolute Gasteiger partial charge is 0.321 e. The number of rotatable bonds is 3. The molecule has 1 saturated heterocycles. The molecule has 1 aromatic heterocycles. The molecule has 1 aliphatic carbocycles. The van der Waals surface area contributed by atoms with Gasteiger partial charge in [0.05, 0.1) is 10.6 Å². The molecule has 158 valence electrons. The molecule has 1 N–H and O–H groups in total. The third-order valence-electron chi connectivity index (χ3n) is 6.19. The molecular weight excluding hydrogens is 396 g/mol. The third-order valence-corrected chi connectivity index (χ3v) is 7.43. The van der Waals surface area contributed by atoms with Gasteiger partial charge in [-0.2, -0.15) is 0 Å². The van der Waals surface area contributed by atoms with Gasteiger partial charge < -0.3 is 5.32 Å². The van der Waals surface area contributed by atoms with Gasteiger partial charge >= 0.3 is 0 Å². The number of hydrogen-bond acceptors (Lipinski definition) is 4. The van der Waals surface area contributed by atoms with Crippen LogP contribution in [0.3, 0.4) is 0 Å². The van der Waals surface area contributed by atoms with E-state index in [2.05, 4.69) is 26.1 Å². The van der Waals surface area contributed by atoms with Crippen LogP contribution in [0.5, 0.6) is 0 Å². The van der Waals surface area contributed by atoms with Crippen LogP contribution in [0.15, 0.2) is 30.3 Å². The standard InChI is InChI=1S/C24H28N2O3S/c1-24(2,3)16-7-12-19-15(13-16)14-20(30-19)23(29)25-17-8-10-18(11-9-17)26-21(27)5-4-6-22(26)28/h8-11,14,16H,4-7,12-13H2,1-3H3,(H,25,29). The second-order valence-electron chi connectivity index (χ2n) is 9.34. The lowest BCUT2D eigenvalue weighted by Gasteiger charge is -2.33. The summed E-state index contributed by atoms with van der Waals surface area (Å²) in [7, 11) is 0. The van der Waals surface area contributed by atoms with Crippen LogP contribution >= 0.6 is 11.3 Å². The van der Waals surface area contributed by atoms with Gasteiger partial charge in [-0.15, -0.1) is 11.3 Å². The highest BCUT2D eigenvalue weighted by Crippen LogP contribution is 2.40. The molecule has 0 radical (unpaired) electrons. The van der Waals surface area contributed by atoms with Crippen molar-refractivity contribution in [3.63, 3.8) is 0 Å². The minimum absolute atomic E-state index is 0.111. The molecule has 1 aromatic carbocycles. The molecule has 30 heavy (non-hydrogen) atoms. The number of aryl methyl sites for hydroxylation is 1. The second kappa shape index (κ2) is 7.99. The van der Waals surface area contributed by atoms with E-state index < -0.39 is 0 Å². The van der Waals surface area contributed by atoms with E-state index in [1.807, 2.05) is 6.07 Å². The molecule has 6 heteroatoms. The monoisotopic (exact) mass is 424 g/mol. The van der Waals surface area contributed by atoms with Gasteiger partial charge in [-0.05, 0) is 72.9 Å². The van der Waals surface area contributed by atoms with Gasteiger partial charge in [-0.1, -0.05) is 20.8 Å². The van der Waals surface area contributed by atoms with Gasteiger partial charge in [0.25, 0.3) is 5.91 Å². The van der Waals surface area contributed by atoms with E-state index >= 15 is 0 Å². The number of piperidine rings is 1. The molecule has 4 rings (SSSR count). The van der Waals surface area contributed by atoms with E-state index in [9.17, 15) is 14.4 Å². The molecule has 0 bridgehead atoms. The van der Waals surface area contributed by atoms with Gasteiger partial charge in [0.1, 0.15) is 0 Å². The molecule has 2 heterocycles. The van der Waals surface area contributed by atoms with Gasteiger partial charge in [0, 0.05) is 23.4 Å². The highest BCUT2D eigenvalue weighted by Gasteiger charge is 2.30. The van der Waals surface area contributed by atoms with Gasteiger partial charge in [0.2, 0.25) is 11.8 Å². The number of fused-ring (bicyclic) bond motifs is 1. The van der Waals surface area contributed by atoms with Crippen LogP contribution in [0.1, 0.15) is 66.6 Å². The smallest absolute Gasteiger partial charge is 0.265 e. The minimum Gasteiger partial charge on any atom is -0.321 e. The summed E-state index contributed by atoms with van der Waals surface area (Å²) < 4.78 is 0. The molecular formula is C24H28N2O3S. The lowest BCUT2D eigenvalue weighted by molar-refractivity contribution is -0.129. The molecule has 1 fully saturated rings. The van der Waals surface area contributed by atoms with Crippen LogP contribution in [-0.2, 0) is 22.4 Å². The number of carbonyl (C=O) groups is 3. The summed E-state index contributed by atoms with van der Waals surface area (Å²) >= 11 is 1.59. The fourth-order valence-electron chi connectivity index (χ4n) is 4.30. The maximum Gasteiger partial charge on any atom is 0.265 e. The average Bonchev–Trinajstić information content (AvgIpc) is 3.12. The molecule has 1 aliphatic heterocycles. The van der Waals surface area contributed by atoms with Crippen molar-refractivity contribution in [1.29, 1.82) is 0 Å². The summed E-state index contributed by atoms with van der Waals surface area (Å²) in [4.78, 5) is 40.2. The van der Waals surface area contributed by atoms with Gasteiger partial charge in [-0.3, -0.25) is 19.3 Å². The fraction of sp³-hybridized carbons (Fsp3) is 0.458. The molecule has 1 unspecified atom stereocenters. The van der Waals surface area contributed by atoms with E-state index in [1.165, 1.54) is 21.8 Å². The molecule has 2 aromatic rings. The van der Waals surface area contributed by atoms with Crippen molar-refractivity contribution in [2.75, 3.05) is 10.2 Å². The number of nitrogens with one attached hydrogen (secondary N) is 1. The predicted molar refractivity (Wildman–Crippen MR) is 120 cm³/mol. The van der Waals surface area contributed by atoms with Crippen LogP contribution in [0, 0.1) is 11.3 Å². The first-order valence-electron chi connectivity index (χ1n) is 10.6. The first kappa shape index (κ1) is 20.8. The molecule has 0 spiro atoms. The topological polar surface area (TPSA) is 66.5 Å². The lowest BCUT2D eigenvalue weighted by atomic mass is 9.72. The molecule has 1 atom stereocenters. The maximum atomic E-state index is 12.8. The van der Waals surface area contributed by atoms with Crippen molar-refractivity contribution in [3.05, 3.63) is 45.6 Å². The number of hydrogen-bond donors (Lipinski definition) is 1. The van der Waals surface area contributed by atoms with E-state index in [0.717, 1.165) is 17.7 Å². The van der Waals surface area contributed by atoms with Crippen LogP contribution < -0.4 is 10.2 Å². The zero-order valence-electron chi connectivity index (χ0n) is 17.8. The average molecular weight is 425 g/mol. The Kier molecular flexibility index (Phi) is 5.53. The number of nitrogens with zero attached hydrogens (tertiary/aromatic N) is 1. The Morgan fingerprint density at radius 1 is 1.07 bits per heavy atom.